The zero-order chi connectivity index (χ0) is 22.5. The molecule has 7 nitrogen and oxygen atoms in total. The van der Waals surface area contributed by atoms with Gasteiger partial charge in [0.1, 0.15) is 11.1 Å². The predicted octanol–water partition coefficient (Wildman–Crippen LogP) is 5.42. The van der Waals surface area contributed by atoms with Crippen LogP contribution < -0.4 is 5.32 Å². The Morgan fingerprint density at radius 2 is 1.78 bits per heavy atom. The van der Waals surface area contributed by atoms with Crippen LogP contribution in [-0.2, 0) is 9.53 Å². The molecule has 1 heterocycles. The quantitative estimate of drug-likeness (QED) is 0.549. The third kappa shape index (κ3) is 5.53. The average molecular weight is 458 g/mol. The number of aliphatic carboxylic acids is 1. The van der Waals surface area contributed by atoms with Gasteiger partial charge < -0.3 is 9.84 Å². The molecule has 2 aromatic rings. The lowest BCUT2D eigenvalue weighted by molar-refractivity contribution is -0.138. The molecule has 2 aliphatic rings. The lowest BCUT2D eigenvalue weighted by atomic mass is 9.77. The fourth-order valence-corrected chi connectivity index (χ4v) is 6.09. The molecule has 0 radical (unpaired) electrons. The fourth-order valence-electron chi connectivity index (χ4n) is 5.18. The highest BCUT2D eigenvalue weighted by atomic mass is 32.1. The molecule has 2 aliphatic carbocycles. The van der Waals surface area contributed by atoms with Gasteiger partial charge in [-0.15, -0.1) is 10.2 Å². The molecule has 1 aromatic carbocycles. The van der Waals surface area contributed by atoms with Crippen molar-refractivity contribution in [2.75, 3.05) is 12.4 Å². The Morgan fingerprint density at radius 3 is 2.41 bits per heavy atom. The van der Waals surface area contributed by atoms with Gasteiger partial charge in [0.25, 0.3) is 5.91 Å². The number of hydrogen-bond donors (Lipinski definition) is 2. The number of nitrogens with one attached hydrogen (secondary N) is 1. The SMILES string of the molecule is COC(c1nnc(NC(=O)c2ccc(C3CCC(CC(=O)O)CC3)cc2)s1)C1CCCC1. The number of hydrogen-bond acceptors (Lipinski definition) is 6. The molecule has 0 saturated heterocycles. The summed E-state index contributed by atoms with van der Waals surface area (Å²) in [6, 6.07) is 7.74. The van der Waals surface area contributed by atoms with Crippen molar-refractivity contribution in [3.8, 4) is 0 Å². The van der Waals surface area contributed by atoms with Gasteiger partial charge in [0.05, 0.1) is 0 Å². The van der Waals surface area contributed by atoms with Crippen LogP contribution in [0, 0.1) is 11.8 Å². The van der Waals surface area contributed by atoms with E-state index < -0.39 is 5.97 Å². The highest BCUT2D eigenvalue weighted by Crippen LogP contribution is 2.39. The first-order chi connectivity index (χ1) is 15.5. The Balaban J connectivity index is 1.32. The van der Waals surface area contributed by atoms with Gasteiger partial charge >= 0.3 is 5.97 Å². The number of amides is 1. The summed E-state index contributed by atoms with van der Waals surface area (Å²) in [5, 5.41) is 21.6. The minimum absolute atomic E-state index is 0.0504. The van der Waals surface area contributed by atoms with Crippen LogP contribution in [-0.4, -0.2) is 34.3 Å². The van der Waals surface area contributed by atoms with E-state index in [0.717, 1.165) is 43.5 Å². The summed E-state index contributed by atoms with van der Waals surface area (Å²) in [4.78, 5) is 23.6. The molecule has 1 atom stereocenters. The lowest BCUT2D eigenvalue weighted by Crippen LogP contribution is -2.16. The van der Waals surface area contributed by atoms with Gasteiger partial charge in [-0.25, -0.2) is 0 Å². The van der Waals surface area contributed by atoms with E-state index in [9.17, 15) is 9.59 Å². The van der Waals surface area contributed by atoms with E-state index in [1.54, 1.807) is 7.11 Å². The molecule has 2 fully saturated rings. The maximum Gasteiger partial charge on any atom is 0.303 e. The number of benzene rings is 1. The number of carboxylic acid groups (broad SMARTS) is 1. The third-order valence-corrected chi connectivity index (χ3v) is 7.84. The molecule has 0 aliphatic heterocycles. The van der Waals surface area contributed by atoms with Crippen LogP contribution in [0.4, 0.5) is 5.13 Å². The maximum atomic E-state index is 12.7. The minimum Gasteiger partial charge on any atom is -0.481 e. The predicted molar refractivity (Wildman–Crippen MR) is 123 cm³/mol. The summed E-state index contributed by atoms with van der Waals surface area (Å²) < 4.78 is 5.69. The van der Waals surface area contributed by atoms with Gasteiger partial charge in [0.15, 0.2) is 0 Å². The lowest BCUT2D eigenvalue weighted by Gasteiger charge is -2.28. The van der Waals surface area contributed by atoms with Crippen LogP contribution in [0.2, 0.25) is 0 Å². The molecule has 2 N–H and O–H groups in total. The second kappa shape index (κ2) is 10.5. The first kappa shape index (κ1) is 22.9. The zero-order valence-electron chi connectivity index (χ0n) is 18.5. The second-order valence-corrected chi connectivity index (χ2v) is 10.0. The van der Waals surface area contributed by atoms with Crippen LogP contribution in [0.25, 0.3) is 0 Å². The second-order valence-electron chi connectivity index (χ2n) is 9.04. The first-order valence-corrected chi connectivity index (χ1v) is 12.3. The Labute approximate surface area is 192 Å². The van der Waals surface area contributed by atoms with Crippen LogP contribution in [0.3, 0.4) is 0 Å². The van der Waals surface area contributed by atoms with Crippen molar-refractivity contribution in [1.29, 1.82) is 0 Å². The molecule has 32 heavy (non-hydrogen) atoms. The van der Waals surface area contributed by atoms with Gasteiger partial charge in [-0.1, -0.05) is 36.3 Å². The molecular weight excluding hydrogens is 426 g/mol. The topological polar surface area (TPSA) is 101 Å². The van der Waals surface area contributed by atoms with Crippen LogP contribution in [0.15, 0.2) is 24.3 Å². The number of anilines is 1. The van der Waals surface area contributed by atoms with Gasteiger partial charge in [0, 0.05) is 19.1 Å². The number of aromatic nitrogens is 2. The van der Waals surface area contributed by atoms with Gasteiger partial charge in [-0.3, -0.25) is 14.9 Å². The Morgan fingerprint density at radius 1 is 1.09 bits per heavy atom. The van der Waals surface area contributed by atoms with Crippen molar-refractivity contribution in [2.24, 2.45) is 11.8 Å². The van der Waals surface area contributed by atoms with E-state index in [2.05, 4.69) is 15.5 Å². The summed E-state index contributed by atoms with van der Waals surface area (Å²) in [7, 11) is 1.71. The molecule has 1 unspecified atom stereocenters. The van der Waals surface area contributed by atoms with E-state index in [4.69, 9.17) is 9.84 Å². The monoisotopic (exact) mass is 457 g/mol. The first-order valence-electron chi connectivity index (χ1n) is 11.5. The molecule has 0 bridgehead atoms. The number of carboxylic acids is 1. The van der Waals surface area contributed by atoms with Crippen LogP contribution in [0.1, 0.15) is 90.7 Å². The van der Waals surface area contributed by atoms with Crippen LogP contribution in [0.5, 0.6) is 0 Å². The molecular formula is C24H31N3O4S. The van der Waals surface area contributed by atoms with E-state index in [0.29, 0.717) is 22.5 Å². The van der Waals surface area contributed by atoms with Crippen molar-refractivity contribution in [3.05, 3.63) is 40.4 Å². The summed E-state index contributed by atoms with van der Waals surface area (Å²) in [5.41, 5.74) is 1.80. The van der Waals surface area contributed by atoms with Crippen molar-refractivity contribution in [3.63, 3.8) is 0 Å². The van der Waals surface area contributed by atoms with Crippen molar-refractivity contribution >= 4 is 28.3 Å². The number of methoxy groups -OCH3 is 1. The van der Waals surface area contributed by atoms with E-state index >= 15 is 0 Å². The standard InChI is InChI=1S/C24H31N3O4S/c1-31-21(18-4-2-3-5-18)23-26-27-24(32-23)25-22(30)19-12-10-17(11-13-19)16-8-6-15(7-9-16)14-20(28)29/h10-13,15-16,18,21H,2-9,14H2,1H3,(H,28,29)(H,25,27,30). The van der Waals surface area contributed by atoms with Crippen molar-refractivity contribution in [2.45, 2.75) is 69.8 Å². The average Bonchev–Trinajstić information content (AvgIpc) is 3.48. The van der Waals surface area contributed by atoms with E-state index in [1.165, 1.54) is 29.7 Å². The number of carbonyl (C=O) groups is 2. The van der Waals surface area contributed by atoms with Crippen LogP contribution >= 0.6 is 11.3 Å². The number of rotatable bonds is 8. The molecule has 1 amide bonds. The third-order valence-electron chi connectivity index (χ3n) is 6.94. The van der Waals surface area contributed by atoms with E-state index in [1.807, 2.05) is 24.3 Å². The molecule has 8 heteroatoms. The molecule has 0 spiro atoms. The Hall–Kier alpha value is -2.32. The van der Waals surface area contributed by atoms with Gasteiger partial charge in [-0.05, 0) is 74.0 Å². The zero-order valence-corrected chi connectivity index (χ0v) is 19.3. The normalized spacial score (nSPS) is 22.5. The van der Waals surface area contributed by atoms with Gasteiger partial charge in [-0.2, -0.15) is 0 Å². The molecule has 2 saturated carbocycles. The number of ether oxygens (including phenoxy) is 1. The van der Waals surface area contributed by atoms with Crippen molar-refractivity contribution in [1.82, 2.24) is 10.2 Å². The highest BCUT2D eigenvalue weighted by molar-refractivity contribution is 7.15. The molecule has 4 rings (SSSR count). The summed E-state index contributed by atoms with van der Waals surface area (Å²) in [6.45, 7) is 0. The number of nitrogens with zero attached hydrogens (tertiary/aromatic N) is 2. The molecule has 172 valence electrons. The number of carbonyl (C=O) groups excluding carboxylic acids is 1. The van der Waals surface area contributed by atoms with Crippen molar-refractivity contribution < 1.29 is 19.4 Å². The Kier molecular flexibility index (Phi) is 7.52. The van der Waals surface area contributed by atoms with E-state index in [-0.39, 0.29) is 24.3 Å². The Bertz CT molecular complexity index is 916. The molecule has 1 aromatic heterocycles. The highest BCUT2D eigenvalue weighted by Gasteiger charge is 2.29. The summed E-state index contributed by atoms with van der Waals surface area (Å²) in [5.74, 6) is 0.298. The minimum atomic E-state index is -0.706. The largest absolute Gasteiger partial charge is 0.481 e. The fraction of sp³-hybridized carbons (Fsp3) is 0.583. The summed E-state index contributed by atoms with van der Waals surface area (Å²) >= 11 is 1.38. The maximum absolute atomic E-state index is 12.7. The van der Waals surface area contributed by atoms with Gasteiger partial charge in [0.2, 0.25) is 5.13 Å². The smallest absolute Gasteiger partial charge is 0.303 e. The summed E-state index contributed by atoms with van der Waals surface area (Å²) in [6.07, 6.45) is 8.86.